The van der Waals surface area contributed by atoms with Crippen molar-refractivity contribution in [2.75, 3.05) is 0 Å². The van der Waals surface area contributed by atoms with E-state index in [1.165, 1.54) is 0 Å². The van der Waals surface area contributed by atoms with Gasteiger partial charge in [0.15, 0.2) is 0 Å². The monoisotopic (exact) mass is 262 g/mol. The fourth-order valence-corrected chi connectivity index (χ4v) is 0. The second-order valence-electron chi connectivity index (χ2n) is 0.448. The third-order valence-electron chi connectivity index (χ3n) is 0. The summed E-state index contributed by atoms with van der Waals surface area (Å²) in [6.45, 7) is 0. The minimum atomic E-state index is -4.67. The van der Waals surface area contributed by atoms with Crippen molar-refractivity contribution in [2.24, 2.45) is 0 Å². The molecular formula is H7BrCa2O4S. The fraction of sp³-hybridized carbons (Fsp3) is 0. The van der Waals surface area contributed by atoms with Gasteiger partial charge in [0.1, 0.15) is 0 Å². The minimum absolute atomic E-state index is 0. The van der Waals surface area contributed by atoms with Crippen molar-refractivity contribution in [3.05, 3.63) is 0 Å². The topological polar surface area (TPSA) is 74.6 Å². The first-order chi connectivity index (χ1) is 2.00. The van der Waals surface area contributed by atoms with Gasteiger partial charge in [-0.15, -0.1) is 17.0 Å². The van der Waals surface area contributed by atoms with Gasteiger partial charge in [-0.05, 0) is 0 Å². The van der Waals surface area contributed by atoms with Gasteiger partial charge in [0.05, 0.1) is 0 Å². The number of halogens is 1. The molecule has 8 heavy (non-hydrogen) atoms. The third kappa shape index (κ3) is 66.7. The van der Waals surface area contributed by atoms with Gasteiger partial charge in [-0.25, -0.2) is 0 Å². The average Bonchev–Trinajstić information content (AvgIpc) is 0.722. The van der Waals surface area contributed by atoms with E-state index in [0.29, 0.717) is 0 Å². The molecule has 0 amide bonds. The molecule has 0 heterocycles. The maximum absolute atomic E-state index is 8.74. The molecule has 2 N–H and O–H groups in total. The molecule has 0 bridgehead atoms. The van der Waals surface area contributed by atoms with E-state index in [0.717, 1.165) is 0 Å². The molecule has 0 aromatic rings. The zero-order chi connectivity index (χ0) is 4.50. The van der Waals surface area contributed by atoms with Gasteiger partial charge in [0.25, 0.3) is 0 Å². The van der Waals surface area contributed by atoms with Crippen LogP contribution in [-0.2, 0) is 10.4 Å². The number of hydrogen-bond acceptors (Lipinski definition) is 2. The second kappa shape index (κ2) is 9.87. The molecule has 0 saturated carbocycles. The van der Waals surface area contributed by atoms with Crippen molar-refractivity contribution < 1.29 is 17.5 Å². The van der Waals surface area contributed by atoms with Crippen molar-refractivity contribution in [1.29, 1.82) is 0 Å². The van der Waals surface area contributed by atoms with E-state index in [4.69, 9.17) is 17.5 Å². The van der Waals surface area contributed by atoms with Gasteiger partial charge in [0.2, 0.25) is 0 Å². The normalized spacial score (nSPS) is 7.25. The van der Waals surface area contributed by atoms with E-state index in [2.05, 4.69) is 0 Å². The van der Waals surface area contributed by atoms with E-state index in [9.17, 15) is 0 Å². The predicted molar refractivity (Wildman–Crippen MR) is 41.6 cm³/mol. The van der Waals surface area contributed by atoms with Crippen LogP contribution < -0.4 is 0 Å². The summed E-state index contributed by atoms with van der Waals surface area (Å²) < 4.78 is 31.6. The number of hydrogen-bond donors (Lipinski definition) is 2. The summed E-state index contributed by atoms with van der Waals surface area (Å²) in [5.41, 5.74) is 0. The quantitative estimate of drug-likeness (QED) is 0.395. The Morgan fingerprint density at radius 2 is 1.00 bits per heavy atom. The van der Waals surface area contributed by atoms with Crippen LogP contribution in [0.1, 0.15) is 0 Å². The van der Waals surface area contributed by atoms with Crippen molar-refractivity contribution in [2.45, 2.75) is 0 Å². The Hall–Kier alpha value is 2.87. The van der Waals surface area contributed by atoms with Crippen LogP contribution in [0.2, 0.25) is 0 Å². The Kier molecular flexibility index (Phi) is 27.7. The zero-order valence-corrected chi connectivity index (χ0v) is 5.06. The molecule has 0 aromatic carbocycles. The predicted octanol–water partition coefficient (Wildman–Crippen LogP) is -1.91. The maximum atomic E-state index is 8.74. The van der Waals surface area contributed by atoms with Gasteiger partial charge in [-0.1, -0.05) is 0 Å². The summed E-state index contributed by atoms with van der Waals surface area (Å²) >= 11 is 0. The van der Waals surface area contributed by atoms with Gasteiger partial charge in [-0.2, -0.15) is 8.42 Å². The molecular weight excluding hydrogens is 256 g/mol. The molecule has 0 atom stereocenters. The Morgan fingerprint density at radius 1 is 1.00 bits per heavy atom. The summed E-state index contributed by atoms with van der Waals surface area (Å²) in [7, 11) is -4.67. The Balaban J connectivity index is -0.0000000267. The van der Waals surface area contributed by atoms with E-state index in [1.54, 1.807) is 0 Å². The molecule has 4 nitrogen and oxygen atoms in total. The van der Waals surface area contributed by atoms with E-state index < -0.39 is 10.4 Å². The van der Waals surface area contributed by atoms with Crippen LogP contribution >= 0.6 is 17.0 Å². The Labute approximate surface area is 118 Å². The zero-order valence-electron chi connectivity index (χ0n) is 2.53. The van der Waals surface area contributed by atoms with E-state index >= 15 is 0 Å². The van der Waals surface area contributed by atoms with Crippen LogP contribution in [0.25, 0.3) is 0 Å². The van der Waals surface area contributed by atoms with Gasteiger partial charge in [0, 0.05) is 0 Å². The van der Waals surface area contributed by atoms with E-state index in [1.807, 2.05) is 0 Å². The molecule has 0 saturated heterocycles. The summed E-state index contributed by atoms with van der Waals surface area (Å²) in [6, 6.07) is 0. The van der Waals surface area contributed by atoms with Crippen LogP contribution in [0, 0.1) is 0 Å². The van der Waals surface area contributed by atoms with Crippen molar-refractivity contribution in [3.63, 3.8) is 0 Å². The van der Waals surface area contributed by atoms with E-state index in [-0.39, 0.29) is 92.5 Å². The third-order valence-corrected chi connectivity index (χ3v) is 0. The standard InChI is InChI=1S/BrH.2Ca.H2O4S.4H/c;;;1-5(2,3)4;;;;/h1H;;;(H2,1,2,3,4);;;;. The average molecular weight is 263 g/mol. The molecule has 0 unspecified atom stereocenters. The first-order valence-electron chi connectivity index (χ1n) is 0.698. The fourth-order valence-electron chi connectivity index (χ4n) is 0. The van der Waals surface area contributed by atoms with Crippen LogP contribution in [0.5, 0.6) is 0 Å². The van der Waals surface area contributed by atoms with Crippen LogP contribution in [-0.4, -0.2) is 93.0 Å². The Morgan fingerprint density at radius 3 is 1.00 bits per heavy atom. The summed E-state index contributed by atoms with van der Waals surface area (Å²) in [5, 5.41) is 0. The van der Waals surface area contributed by atoms with Gasteiger partial charge >= 0.3 is 85.9 Å². The molecule has 0 spiro atoms. The molecule has 0 aliphatic rings. The Bertz CT molecular complexity index is 97.2. The molecule has 0 aliphatic heterocycles. The second-order valence-corrected chi connectivity index (χ2v) is 1.34. The summed E-state index contributed by atoms with van der Waals surface area (Å²) in [4.78, 5) is 0. The van der Waals surface area contributed by atoms with Crippen molar-refractivity contribution in [3.8, 4) is 0 Å². The first kappa shape index (κ1) is 22.4. The molecule has 48 valence electrons. The molecule has 0 rings (SSSR count). The molecule has 0 fully saturated rings. The number of rotatable bonds is 0. The molecule has 0 radical (unpaired) electrons. The van der Waals surface area contributed by atoms with Crippen LogP contribution in [0.4, 0.5) is 0 Å². The van der Waals surface area contributed by atoms with Gasteiger partial charge < -0.3 is 0 Å². The van der Waals surface area contributed by atoms with Crippen molar-refractivity contribution >= 4 is 103 Å². The van der Waals surface area contributed by atoms with Crippen LogP contribution in [0.15, 0.2) is 0 Å². The summed E-state index contributed by atoms with van der Waals surface area (Å²) in [5.74, 6) is 0. The first-order valence-corrected chi connectivity index (χ1v) is 2.10. The summed E-state index contributed by atoms with van der Waals surface area (Å²) in [6.07, 6.45) is 0. The molecule has 0 aliphatic carbocycles. The molecule has 8 heteroatoms. The molecule has 0 aromatic heterocycles. The van der Waals surface area contributed by atoms with Crippen LogP contribution in [0.3, 0.4) is 0 Å². The van der Waals surface area contributed by atoms with Crippen molar-refractivity contribution in [1.82, 2.24) is 0 Å². The SMILES string of the molecule is Br.O=S(=O)(O)O.[CaH2].[CaH2]. The van der Waals surface area contributed by atoms with Gasteiger partial charge in [-0.3, -0.25) is 9.11 Å².